The Kier molecular flexibility index (Phi) is 4.00. The highest BCUT2D eigenvalue weighted by molar-refractivity contribution is 6.68. The fourth-order valence-corrected chi connectivity index (χ4v) is 1.81. The van der Waals surface area contributed by atoms with Crippen LogP contribution in [0.2, 0.25) is 0 Å². The van der Waals surface area contributed by atoms with Crippen LogP contribution < -0.4 is 4.74 Å². The summed E-state index contributed by atoms with van der Waals surface area (Å²) in [6.07, 6.45) is 0. The molecule has 0 aliphatic heterocycles. The molecule has 0 saturated heterocycles. The molecule has 0 aliphatic carbocycles. The van der Waals surface area contributed by atoms with E-state index in [1.807, 2.05) is 43.3 Å². The highest BCUT2D eigenvalue weighted by Gasteiger charge is 2.10. The fourth-order valence-electron chi connectivity index (χ4n) is 1.66. The summed E-state index contributed by atoms with van der Waals surface area (Å²) in [7, 11) is 0. The summed E-state index contributed by atoms with van der Waals surface area (Å²) >= 11 is 5.54. The molecular formula is C15H13ClO2. The van der Waals surface area contributed by atoms with Gasteiger partial charge in [0.15, 0.2) is 0 Å². The van der Waals surface area contributed by atoms with E-state index in [0.717, 1.165) is 11.1 Å². The van der Waals surface area contributed by atoms with E-state index < -0.39 is 5.24 Å². The van der Waals surface area contributed by atoms with Gasteiger partial charge in [-0.05, 0) is 36.2 Å². The number of carbonyl (C=O) groups excluding carboxylic acids is 1. The van der Waals surface area contributed by atoms with Crippen molar-refractivity contribution in [2.24, 2.45) is 0 Å². The highest BCUT2D eigenvalue weighted by Crippen LogP contribution is 2.22. The summed E-state index contributed by atoms with van der Waals surface area (Å²) in [4.78, 5) is 11.3. The van der Waals surface area contributed by atoms with Gasteiger partial charge in [-0.25, -0.2) is 0 Å². The van der Waals surface area contributed by atoms with Crippen LogP contribution in [0, 0.1) is 6.92 Å². The largest absolute Gasteiger partial charge is 0.488 e. The van der Waals surface area contributed by atoms with Crippen LogP contribution in [0.1, 0.15) is 21.5 Å². The van der Waals surface area contributed by atoms with E-state index in [1.54, 1.807) is 12.1 Å². The summed E-state index contributed by atoms with van der Waals surface area (Å²) < 4.78 is 5.63. The lowest BCUT2D eigenvalue weighted by atomic mass is 10.1. The van der Waals surface area contributed by atoms with Gasteiger partial charge >= 0.3 is 0 Å². The Morgan fingerprint density at radius 1 is 1.17 bits per heavy atom. The van der Waals surface area contributed by atoms with Gasteiger partial charge in [0.05, 0.1) is 5.56 Å². The van der Waals surface area contributed by atoms with E-state index in [4.69, 9.17) is 16.3 Å². The minimum Gasteiger partial charge on any atom is -0.488 e. The van der Waals surface area contributed by atoms with Crippen molar-refractivity contribution in [1.82, 2.24) is 0 Å². The third-order valence-corrected chi connectivity index (χ3v) is 2.79. The number of hydrogen-bond donors (Lipinski definition) is 0. The number of ether oxygens (including phenoxy) is 1. The molecule has 2 aromatic carbocycles. The fraction of sp³-hybridized carbons (Fsp3) is 0.133. The molecule has 0 amide bonds. The monoisotopic (exact) mass is 260 g/mol. The Labute approximate surface area is 111 Å². The predicted octanol–water partition coefficient (Wildman–Crippen LogP) is 3.95. The first kappa shape index (κ1) is 12.7. The number of halogens is 1. The van der Waals surface area contributed by atoms with Gasteiger partial charge in [0.2, 0.25) is 0 Å². The molecular weight excluding hydrogens is 248 g/mol. The first-order chi connectivity index (χ1) is 8.66. The van der Waals surface area contributed by atoms with E-state index in [0.29, 0.717) is 17.9 Å². The maximum atomic E-state index is 11.3. The van der Waals surface area contributed by atoms with E-state index in [-0.39, 0.29) is 0 Å². The van der Waals surface area contributed by atoms with Crippen molar-refractivity contribution in [3.8, 4) is 5.75 Å². The van der Waals surface area contributed by atoms with Gasteiger partial charge in [-0.3, -0.25) is 4.79 Å². The quantitative estimate of drug-likeness (QED) is 0.778. The maximum Gasteiger partial charge on any atom is 0.256 e. The van der Waals surface area contributed by atoms with Gasteiger partial charge in [-0.2, -0.15) is 0 Å². The third-order valence-electron chi connectivity index (χ3n) is 2.58. The van der Waals surface area contributed by atoms with Crippen LogP contribution in [0.15, 0.2) is 48.5 Å². The lowest BCUT2D eigenvalue weighted by Gasteiger charge is -2.10. The van der Waals surface area contributed by atoms with Crippen molar-refractivity contribution in [3.63, 3.8) is 0 Å². The zero-order chi connectivity index (χ0) is 13.0. The van der Waals surface area contributed by atoms with Crippen LogP contribution in [0.25, 0.3) is 0 Å². The number of aryl methyl sites for hydroxylation is 1. The molecule has 0 heterocycles. The van der Waals surface area contributed by atoms with Crippen LogP contribution >= 0.6 is 11.6 Å². The molecule has 3 heteroatoms. The molecule has 0 radical (unpaired) electrons. The number of rotatable bonds is 4. The minimum atomic E-state index is -0.498. The van der Waals surface area contributed by atoms with E-state index in [9.17, 15) is 4.79 Å². The van der Waals surface area contributed by atoms with Crippen molar-refractivity contribution in [3.05, 3.63) is 65.2 Å². The first-order valence-electron chi connectivity index (χ1n) is 5.64. The van der Waals surface area contributed by atoms with E-state index >= 15 is 0 Å². The number of benzene rings is 2. The Balaban J connectivity index is 2.17. The van der Waals surface area contributed by atoms with Crippen LogP contribution in [-0.2, 0) is 6.61 Å². The number of hydrogen-bond acceptors (Lipinski definition) is 2. The standard InChI is InChI=1S/C15H13ClO2/c1-11-7-8-14(13(9-11)15(16)17)18-10-12-5-3-2-4-6-12/h2-9H,10H2,1H3. The van der Waals surface area contributed by atoms with E-state index in [1.165, 1.54) is 0 Å². The summed E-state index contributed by atoms with van der Waals surface area (Å²) in [6, 6.07) is 15.2. The molecule has 18 heavy (non-hydrogen) atoms. The Bertz CT molecular complexity index is 550. The first-order valence-corrected chi connectivity index (χ1v) is 6.02. The van der Waals surface area contributed by atoms with Crippen molar-refractivity contribution in [1.29, 1.82) is 0 Å². The second-order valence-corrected chi connectivity index (χ2v) is 4.39. The maximum absolute atomic E-state index is 11.3. The molecule has 0 unspecified atom stereocenters. The summed E-state index contributed by atoms with van der Waals surface area (Å²) in [5.74, 6) is 0.518. The average Bonchev–Trinajstić information content (AvgIpc) is 2.38. The summed E-state index contributed by atoms with van der Waals surface area (Å²) in [5, 5.41) is -0.498. The molecule has 2 nitrogen and oxygen atoms in total. The lowest BCUT2D eigenvalue weighted by molar-refractivity contribution is 0.107. The van der Waals surface area contributed by atoms with Crippen LogP contribution in [0.5, 0.6) is 5.75 Å². The Morgan fingerprint density at radius 2 is 1.89 bits per heavy atom. The van der Waals surface area contributed by atoms with Crippen molar-refractivity contribution in [2.75, 3.05) is 0 Å². The molecule has 0 N–H and O–H groups in total. The molecule has 0 aromatic heterocycles. The lowest BCUT2D eigenvalue weighted by Crippen LogP contribution is -2.00. The van der Waals surface area contributed by atoms with Gasteiger partial charge in [0.1, 0.15) is 12.4 Å². The minimum absolute atomic E-state index is 0.410. The molecule has 0 bridgehead atoms. The van der Waals surface area contributed by atoms with Gasteiger partial charge in [-0.15, -0.1) is 0 Å². The average molecular weight is 261 g/mol. The topological polar surface area (TPSA) is 26.3 Å². The van der Waals surface area contributed by atoms with Crippen LogP contribution in [-0.4, -0.2) is 5.24 Å². The van der Waals surface area contributed by atoms with Crippen LogP contribution in [0.4, 0.5) is 0 Å². The number of carbonyl (C=O) groups is 1. The molecule has 0 aliphatic rings. The van der Waals surface area contributed by atoms with Gasteiger partial charge < -0.3 is 4.74 Å². The zero-order valence-corrected chi connectivity index (χ0v) is 10.8. The molecule has 0 saturated carbocycles. The highest BCUT2D eigenvalue weighted by atomic mass is 35.5. The van der Waals surface area contributed by atoms with Gasteiger partial charge in [0.25, 0.3) is 5.24 Å². The second kappa shape index (κ2) is 5.69. The molecule has 0 fully saturated rings. The van der Waals surface area contributed by atoms with Gasteiger partial charge in [-0.1, -0.05) is 42.0 Å². The Morgan fingerprint density at radius 3 is 2.56 bits per heavy atom. The molecule has 92 valence electrons. The smallest absolute Gasteiger partial charge is 0.256 e. The normalized spacial score (nSPS) is 10.1. The molecule has 2 aromatic rings. The van der Waals surface area contributed by atoms with Crippen LogP contribution in [0.3, 0.4) is 0 Å². The molecule has 0 spiro atoms. The summed E-state index contributed by atoms with van der Waals surface area (Å²) in [6.45, 7) is 2.32. The SMILES string of the molecule is Cc1ccc(OCc2ccccc2)c(C(=O)Cl)c1. The molecule has 0 atom stereocenters. The van der Waals surface area contributed by atoms with Crippen molar-refractivity contribution < 1.29 is 9.53 Å². The zero-order valence-electron chi connectivity index (χ0n) is 10.0. The third kappa shape index (κ3) is 3.11. The summed E-state index contributed by atoms with van der Waals surface area (Å²) in [5.41, 5.74) is 2.43. The molecule has 2 rings (SSSR count). The predicted molar refractivity (Wildman–Crippen MR) is 72.1 cm³/mol. The second-order valence-electron chi connectivity index (χ2n) is 4.05. The van der Waals surface area contributed by atoms with Crippen molar-refractivity contribution in [2.45, 2.75) is 13.5 Å². The van der Waals surface area contributed by atoms with Gasteiger partial charge in [0, 0.05) is 0 Å². The van der Waals surface area contributed by atoms with E-state index in [2.05, 4.69) is 0 Å². The van der Waals surface area contributed by atoms with Crippen molar-refractivity contribution >= 4 is 16.8 Å². The Hall–Kier alpha value is -1.80.